The van der Waals surface area contributed by atoms with E-state index in [0.29, 0.717) is 13.1 Å². The quantitative estimate of drug-likeness (QED) is 0.498. The topological polar surface area (TPSA) is 84.4 Å². The van der Waals surface area contributed by atoms with Crippen molar-refractivity contribution in [2.45, 2.75) is 18.9 Å². The van der Waals surface area contributed by atoms with E-state index in [1.165, 1.54) is 6.07 Å². The van der Waals surface area contributed by atoms with Gasteiger partial charge in [-0.2, -0.15) is 0 Å². The van der Waals surface area contributed by atoms with E-state index in [1.807, 2.05) is 40.9 Å². The van der Waals surface area contributed by atoms with Crippen molar-refractivity contribution >= 4 is 17.3 Å². The van der Waals surface area contributed by atoms with Gasteiger partial charge in [0.05, 0.1) is 17.9 Å². The normalized spacial score (nSPS) is 16.2. The molecule has 0 unspecified atom stereocenters. The summed E-state index contributed by atoms with van der Waals surface area (Å²) in [6.45, 7) is 2.07. The summed E-state index contributed by atoms with van der Waals surface area (Å²) in [6, 6.07) is 16.7. The first-order valence-electron chi connectivity index (χ1n) is 10.5. The maximum Gasteiger partial charge on any atom is 0.154 e. The third kappa shape index (κ3) is 3.82. The second kappa shape index (κ2) is 8.31. The Kier molecular flexibility index (Phi) is 5.21. The molecule has 0 spiro atoms. The lowest BCUT2D eigenvalue weighted by Crippen LogP contribution is -2.24. The van der Waals surface area contributed by atoms with Crippen LogP contribution in [0.1, 0.15) is 24.4 Å². The first kappa shape index (κ1) is 19.4. The SMILES string of the molecule is NCCNc1cccc(-c2cnc3ccc(N4CCC[C@@H]4c4cccc(F)c4)nn23)n1. The molecule has 158 valence electrons. The lowest BCUT2D eigenvalue weighted by molar-refractivity contribution is 0.617. The predicted molar refractivity (Wildman–Crippen MR) is 119 cm³/mol. The maximum absolute atomic E-state index is 13.8. The number of pyridine rings is 1. The fourth-order valence-corrected chi connectivity index (χ4v) is 4.17. The van der Waals surface area contributed by atoms with Gasteiger partial charge in [-0.05, 0) is 54.8 Å². The van der Waals surface area contributed by atoms with Crippen molar-refractivity contribution in [3.05, 3.63) is 72.2 Å². The Bertz CT molecular complexity index is 1210. The molecule has 1 atom stereocenters. The number of halogens is 1. The maximum atomic E-state index is 13.8. The van der Waals surface area contributed by atoms with Gasteiger partial charge in [-0.25, -0.2) is 18.9 Å². The molecule has 0 saturated carbocycles. The molecule has 1 aliphatic rings. The lowest BCUT2D eigenvalue weighted by atomic mass is 10.0. The van der Waals surface area contributed by atoms with Crippen LogP contribution in [0.4, 0.5) is 16.0 Å². The van der Waals surface area contributed by atoms with Gasteiger partial charge in [0.15, 0.2) is 5.65 Å². The van der Waals surface area contributed by atoms with E-state index in [-0.39, 0.29) is 11.9 Å². The van der Waals surface area contributed by atoms with Crippen LogP contribution in [0.25, 0.3) is 17.0 Å². The molecule has 0 amide bonds. The van der Waals surface area contributed by atoms with Gasteiger partial charge < -0.3 is 16.0 Å². The lowest BCUT2D eigenvalue weighted by Gasteiger charge is -2.26. The van der Waals surface area contributed by atoms with Crippen LogP contribution in [-0.4, -0.2) is 39.2 Å². The molecular formula is C23H24FN7. The average Bonchev–Trinajstić information content (AvgIpc) is 3.45. The number of anilines is 2. The second-order valence-corrected chi connectivity index (χ2v) is 7.63. The van der Waals surface area contributed by atoms with Crippen molar-refractivity contribution in [2.75, 3.05) is 29.9 Å². The van der Waals surface area contributed by atoms with Crippen LogP contribution >= 0.6 is 0 Å². The molecule has 0 aliphatic carbocycles. The monoisotopic (exact) mass is 417 g/mol. The van der Waals surface area contributed by atoms with Crippen LogP contribution in [-0.2, 0) is 0 Å². The molecule has 1 saturated heterocycles. The van der Waals surface area contributed by atoms with Gasteiger partial charge in [-0.3, -0.25) is 0 Å². The molecule has 1 aromatic carbocycles. The fourth-order valence-electron chi connectivity index (χ4n) is 4.17. The van der Waals surface area contributed by atoms with Gasteiger partial charge in [-0.15, -0.1) is 5.10 Å². The minimum Gasteiger partial charge on any atom is -0.369 e. The van der Waals surface area contributed by atoms with Crippen LogP contribution < -0.4 is 16.0 Å². The molecule has 0 radical (unpaired) electrons. The molecule has 3 N–H and O–H groups in total. The van der Waals surface area contributed by atoms with E-state index in [9.17, 15) is 4.39 Å². The van der Waals surface area contributed by atoms with Crippen molar-refractivity contribution in [3.8, 4) is 11.4 Å². The predicted octanol–water partition coefficient (Wildman–Crippen LogP) is 3.64. The molecule has 4 aromatic rings. The van der Waals surface area contributed by atoms with E-state index in [4.69, 9.17) is 10.8 Å². The number of rotatable bonds is 6. The van der Waals surface area contributed by atoms with Crippen LogP contribution in [0, 0.1) is 5.82 Å². The molecule has 8 heteroatoms. The summed E-state index contributed by atoms with van der Waals surface area (Å²) in [7, 11) is 0. The molecule has 4 heterocycles. The summed E-state index contributed by atoms with van der Waals surface area (Å²) >= 11 is 0. The van der Waals surface area contributed by atoms with Crippen molar-refractivity contribution in [2.24, 2.45) is 5.73 Å². The molecule has 3 aromatic heterocycles. The van der Waals surface area contributed by atoms with Gasteiger partial charge in [0.2, 0.25) is 0 Å². The Morgan fingerprint density at radius 1 is 1.13 bits per heavy atom. The summed E-state index contributed by atoms with van der Waals surface area (Å²) in [5.41, 5.74) is 8.91. The van der Waals surface area contributed by atoms with E-state index in [2.05, 4.69) is 20.2 Å². The van der Waals surface area contributed by atoms with Crippen LogP contribution in [0.2, 0.25) is 0 Å². The number of benzene rings is 1. The zero-order valence-electron chi connectivity index (χ0n) is 17.1. The van der Waals surface area contributed by atoms with E-state index < -0.39 is 0 Å². The van der Waals surface area contributed by atoms with Gasteiger partial charge in [0.1, 0.15) is 23.1 Å². The number of nitrogens with zero attached hydrogens (tertiary/aromatic N) is 5. The molecule has 5 rings (SSSR count). The van der Waals surface area contributed by atoms with Gasteiger partial charge in [-0.1, -0.05) is 18.2 Å². The van der Waals surface area contributed by atoms with Gasteiger partial charge in [0, 0.05) is 19.6 Å². The fraction of sp³-hybridized carbons (Fsp3) is 0.261. The highest BCUT2D eigenvalue weighted by Gasteiger charge is 2.28. The highest BCUT2D eigenvalue weighted by molar-refractivity contribution is 5.62. The molecular weight excluding hydrogens is 393 g/mol. The number of nitrogens with one attached hydrogen (secondary N) is 1. The summed E-state index contributed by atoms with van der Waals surface area (Å²) < 4.78 is 15.6. The molecule has 31 heavy (non-hydrogen) atoms. The number of nitrogens with two attached hydrogens (primary N) is 1. The smallest absolute Gasteiger partial charge is 0.154 e. The standard InChI is InChI=1S/C23H24FN7/c24-17-5-1-4-16(14-17)19-7-3-13-30(19)23-10-9-22-27-15-20(31(22)29-23)18-6-2-8-21(28-18)26-12-11-25/h1-2,4-6,8-10,14-15,19H,3,7,11-13,25H2,(H,26,28)/t19-/m1/s1. The first-order valence-corrected chi connectivity index (χ1v) is 10.5. The minimum absolute atomic E-state index is 0.106. The highest BCUT2D eigenvalue weighted by Crippen LogP contribution is 2.35. The first-order chi connectivity index (χ1) is 15.2. The summed E-state index contributed by atoms with van der Waals surface area (Å²) in [4.78, 5) is 11.4. The largest absolute Gasteiger partial charge is 0.369 e. The average molecular weight is 417 g/mol. The number of imidazole rings is 1. The highest BCUT2D eigenvalue weighted by atomic mass is 19.1. The van der Waals surface area contributed by atoms with E-state index in [1.54, 1.807) is 18.3 Å². The van der Waals surface area contributed by atoms with Crippen molar-refractivity contribution in [1.29, 1.82) is 0 Å². The van der Waals surface area contributed by atoms with Crippen molar-refractivity contribution in [3.63, 3.8) is 0 Å². The molecule has 7 nitrogen and oxygen atoms in total. The molecule has 0 bridgehead atoms. The summed E-state index contributed by atoms with van der Waals surface area (Å²) in [6.07, 6.45) is 3.79. The van der Waals surface area contributed by atoms with Gasteiger partial charge >= 0.3 is 0 Å². The summed E-state index contributed by atoms with van der Waals surface area (Å²) in [5, 5.41) is 8.09. The van der Waals surface area contributed by atoms with Crippen LogP contribution in [0.3, 0.4) is 0 Å². The van der Waals surface area contributed by atoms with E-state index >= 15 is 0 Å². The van der Waals surface area contributed by atoms with Crippen molar-refractivity contribution in [1.82, 2.24) is 19.6 Å². The minimum atomic E-state index is -0.209. The number of fused-ring (bicyclic) bond motifs is 1. The Hall–Kier alpha value is -3.52. The zero-order chi connectivity index (χ0) is 21.2. The third-order valence-electron chi connectivity index (χ3n) is 5.59. The Morgan fingerprint density at radius 2 is 2.03 bits per heavy atom. The Morgan fingerprint density at radius 3 is 2.90 bits per heavy atom. The number of hydrogen-bond donors (Lipinski definition) is 2. The van der Waals surface area contributed by atoms with Crippen LogP contribution in [0.5, 0.6) is 0 Å². The third-order valence-corrected chi connectivity index (χ3v) is 5.59. The number of aromatic nitrogens is 4. The molecule has 1 aliphatic heterocycles. The van der Waals surface area contributed by atoms with Crippen LogP contribution in [0.15, 0.2) is 60.8 Å². The van der Waals surface area contributed by atoms with Crippen molar-refractivity contribution < 1.29 is 4.39 Å². The summed E-state index contributed by atoms with van der Waals surface area (Å²) in [5.74, 6) is 1.40. The second-order valence-electron chi connectivity index (χ2n) is 7.63. The van der Waals surface area contributed by atoms with E-state index in [0.717, 1.165) is 53.6 Å². The van der Waals surface area contributed by atoms with Gasteiger partial charge in [0.25, 0.3) is 0 Å². The zero-order valence-corrected chi connectivity index (χ0v) is 17.1. The Balaban J connectivity index is 1.51. The Labute approximate surface area is 179 Å². The molecule has 1 fully saturated rings. The number of hydrogen-bond acceptors (Lipinski definition) is 6.